The smallest absolute Gasteiger partial charge is 0.192 e. The van der Waals surface area contributed by atoms with Gasteiger partial charge in [-0.1, -0.05) is 6.07 Å². The summed E-state index contributed by atoms with van der Waals surface area (Å²) < 4.78 is 5.55. The number of nitrogens with one attached hydrogen (secondary N) is 1. The van der Waals surface area contributed by atoms with Crippen molar-refractivity contribution in [2.45, 2.75) is 25.8 Å². The van der Waals surface area contributed by atoms with Crippen molar-refractivity contribution in [2.24, 2.45) is 11.7 Å². The van der Waals surface area contributed by atoms with Crippen LogP contribution in [0.15, 0.2) is 22.6 Å². The maximum atomic E-state index is 6.28. The van der Waals surface area contributed by atoms with Gasteiger partial charge in [0.25, 0.3) is 0 Å². The van der Waals surface area contributed by atoms with Crippen molar-refractivity contribution < 1.29 is 4.42 Å². The van der Waals surface area contributed by atoms with Gasteiger partial charge in [-0.25, -0.2) is 4.98 Å². The number of rotatable bonds is 3. The maximum absolute atomic E-state index is 6.28. The molecule has 1 saturated heterocycles. The Balaban J connectivity index is 1.79. The highest BCUT2D eigenvalue weighted by molar-refractivity contribution is 5.73. The third kappa shape index (κ3) is 2.26. The van der Waals surface area contributed by atoms with Gasteiger partial charge in [0.1, 0.15) is 5.52 Å². The maximum Gasteiger partial charge on any atom is 0.192 e. The van der Waals surface area contributed by atoms with E-state index < -0.39 is 0 Å². The highest BCUT2D eigenvalue weighted by atomic mass is 16.3. The first-order valence-corrected chi connectivity index (χ1v) is 6.56. The number of aromatic nitrogens is 1. The van der Waals surface area contributed by atoms with Gasteiger partial charge in [0.15, 0.2) is 11.5 Å². The van der Waals surface area contributed by atoms with Crippen LogP contribution in [0, 0.1) is 12.8 Å². The summed E-state index contributed by atoms with van der Waals surface area (Å²) in [4.78, 5) is 4.30. The number of aryl methyl sites for hydroxylation is 1. The SMILES string of the molecule is Cc1nc2ccc(C(N)CC3CCNC3)cc2o1. The molecule has 0 aliphatic carbocycles. The van der Waals surface area contributed by atoms with Crippen molar-refractivity contribution in [3.05, 3.63) is 29.7 Å². The molecule has 1 fully saturated rings. The van der Waals surface area contributed by atoms with E-state index in [-0.39, 0.29) is 6.04 Å². The van der Waals surface area contributed by atoms with E-state index in [9.17, 15) is 0 Å². The lowest BCUT2D eigenvalue weighted by molar-refractivity contribution is 0.472. The van der Waals surface area contributed by atoms with Crippen molar-refractivity contribution in [1.29, 1.82) is 0 Å². The molecule has 1 aromatic carbocycles. The van der Waals surface area contributed by atoms with Crippen LogP contribution in [0.1, 0.15) is 30.3 Å². The largest absolute Gasteiger partial charge is 0.441 e. The third-order valence-corrected chi connectivity index (χ3v) is 3.70. The number of hydrogen-bond donors (Lipinski definition) is 2. The molecule has 0 radical (unpaired) electrons. The van der Waals surface area contributed by atoms with Crippen LogP contribution >= 0.6 is 0 Å². The molecule has 3 rings (SSSR count). The van der Waals surface area contributed by atoms with Crippen LogP contribution in [0.4, 0.5) is 0 Å². The van der Waals surface area contributed by atoms with Crippen molar-refractivity contribution >= 4 is 11.1 Å². The van der Waals surface area contributed by atoms with Crippen LogP contribution in [0.5, 0.6) is 0 Å². The zero-order valence-electron chi connectivity index (χ0n) is 10.6. The molecule has 0 amide bonds. The summed E-state index contributed by atoms with van der Waals surface area (Å²) in [6.07, 6.45) is 2.27. The minimum absolute atomic E-state index is 0.0877. The molecule has 1 aliphatic heterocycles. The summed E-state index contributed by atoms with van der Waals surface area (Å²) in [6.45, 7) is 4.08. The first kappa shape index (κ1) is 11.7. The summed E-state index contributed by atoms with van der Waals surface area (Å²) in [5.74, 6) is 1.41. The molecule has 4 nitrogen and oxygen atoms in total. The fraction of sp³-hybridized carbons (Fsp3) is 0.500. The predicted octanol–water partition coefficient (Wildman–Crippen LogP) is 2.14. The quantitative estimate of drug-likeness (QED) is 0.869. The molecular weight excluding hydrogens is 226 g/mol. The van der Waals surface area contributed by atoms with Crippen LogP contribution in [-0.4, -0.2) is 18.1 Å². The van der Waals surface area contributed by atoms with Gasteiger partial charge in [0.05, 0.1) is 0 Å². The molecule has 1 aromatic heterocycles. The fourth-order valence-corrected chi connectivity index (χ4v) is 2.70. The van der Waals surface area contributed by atoms with E-state index in [1.807, 2.05) is 19.1 Å². The van der Waals surface area contributed by atoms with E-state index >= 15 is 0 Å². The molecule has 3 N–H and O–H groups in total. The Labute approximate surface area is 107 Å². The van der Waals surface area contributed by atoms with Crippen LogP contribution in [0.3, 0.4) is 0 Å². The van der Waals surface area contributed by atoms with Crippen molar-refractivity contribution in [2.75, 3.05) is 13.1 Å². The molecule has 2 unspecified atom stereocenters. The predicted molar refractivity (Wildman–Crippen MR) is 71.3 cm³/mol. The molecule has 0 bridgehead atoms. The standard InChI is InChI=1S/C14H19N3O/c1-9-17-13-3-2-11(7-14(13)18-9)12(15)6-10-4-5-16-8-10/h2-3,7,10,12,16H,4-6,8,15H2,1H3. The molecule has 0 spiro atoms. The lowest BCUT2D eigenvalue weighted by Crippen LogP contribution is -2.17. The molecule has 2 heterocycles. The van der Waals surface area contributed by atoms with Gasteiger partial charge in [0.2, 0.25) is 0 Å². The van der Waals surface area contributed by atoms with Gasteiger partial charge in [-0.3, -0.25) is 0 Å². The minimum atomic E-state index is 0.0877. The number of nitrogens with two attached hydrogens (primary N) is 1. The first-order chi connectivity index (χ1) is 8.72. The van der Waals surface area contributed by atoms with Gasteiger partial charge < -0.3 is 15.5 Å². The molecule has 18 heavy (non-hydrogen) atoms. The first-order valence-electron chi connectivity index (χ1n) is 6.56. The number of benzene rings is 1. The Hall–Kier alpha value is -1.39. The average Bonchev–Trinajstić information content (AvgIpc) is 2.95. The Morgan fingerprint density at radius 1 is 1.56 bits per heavy atom. The van der Waals surface area contributed by atoms with Crippen LogP contribution < -0.4 is 11.1 Å². The number of oxazole rings is 1. The second-order valence-electron chi connectivity index (χ2n) is 5.16. The number of fused-ring (bicyclic) bond motifs is 1. The number of hydrogen-bond acceptors (Lipinski definition) is 4. The van der Waals surface area contributed by atoms with Gasteiger partial charge in [0, 0.05) is 13.0 Å². The van der Waals surface area contributed by atoms with Crippen molar-refractivity contribution in [1.82, 2.24) is 10.3 Å². The Morgan fingerprint density at radius 2 is 2.44 bits per heavy atom. The fourth-order valence-electron chi connectivity index (χ4n) is 2.70. The summed E-state index contributed by atoms with van der Waals surface area (Å²) in [7, 11) is 0. The third-order valence-electron chi connectivity index (χ3n) is 3.70. The van der Waals surface area contributed by atoms with Crippen molar-refractivity contribution in [3.8, 4) is 0 Å². The average molecular weight is 245 g/mol. The van der Waals surface area contributed by atoms with E-state index in [0.717, 1.165) is 36.2 Å². The minimum Gasteiger partial charge on any atom is -0.441 e. The normalized spacial score (nSPS) is 21.6. The van der Waals surface area contributed by atoms with Crippen LogP contribution in [0.2, 0.25) is 0 Å². The monoisotopic (exact) mass is 245 g/mol. The molecule has 96 valence electrons. The Bertz CT molecular complexity index is 543. The molecule has 0 saturated carbocycles. The molecule has 2 aromatic rings. The van der Waals surface area contributed by atoms with Gasteiger partial charge in [-0.15, -0.1) is 0 Å². The van der Waals surface area contributed by atoms with E-state index in [1.54, 1.807) is 0 Å². The topological polar surface area (TPSA) is 64.1 Å². The molecule has 2 atom stereocenters. The van der Waals surface area contributed by atoms with Gasteiger partial charge >= 0.3 is 0 Å². The van der Waals surface area contributed by atoms with Crippen molar-refractivity contribution in [3.63, 3.8) is 0 Å². The summed E-state index contributed by atoms with van der Waals surface area (Å²) >= 11 is 0. The second kappa shape index (κ2) is 4.71. The Kier molecular flexibility index (Phi) is 3.06. The zero-order valence-corrected chi connectivity index (χ0v) is 10.6. The summed E-state index contributed by atoms with van der Waals surface area (Å²) in [6, 6.07) is 6.18. The second-order valence-corrected chi connectivity index (χ2v) is 5.16. The lowest BCUT2D eigenvalue weighted by atomic mass is 9.95. The molecular formula is C14H19N3O. The van der Waals surface area contributed by atoms with Crippen LogP contribution in [-0.2, 0) is 0 Å². The zero-order chi connectivity index (χ0) is 12.5. The van der Waals surface area contributed by atoms with E-state index in [4.69, 9.17) is 10.2 Å². The summed E-state index contributed by atoms with van der Waals surface area (Å²) in [5.41, 5.74) is 9.17. The Morgan fingerprint density at radius 3 is 3.22 bits per heavy atom. The molecule has 1 aliphatic rings. The lowest BCUT2D eigenvalue weighted by Gasteiger charge is -2.15. The van der Waals surface area contributed by atoms with Crippen LogP contribution in [0.25, 0.3) is 11.1 Å². The number of nitrogens with zero attached hydrogens (tertiary/aromatic N) is 1. The van der Waals surface area contributed by atoms with E-state index in [2.05, 4.69) is 16.4 Å². The van der Waals surface area contributed by atoms with Gasteiger partial charge in [-0.2, -0.15) is 0 Å². The highest BCUT2D eigenvalue weighted by Gasteiger charge is 2.19. The van der Waals surface area contributed by atoms with Gasteiger partial charge in [-0.05, 0) is 49.5 Å². The highest BCUT2D eigenvalue weighted by Crippen LogP contribution is 2.25. The molecule has 4 heteroatoms. The van der Waals surface area contributed by atoms with E-state index in [0.29, 0.717) is 11.8 Å². The summed E-state index contributed by atoms with van der Waals surface area (Å²) in [5, 5.41) is 3.38. The van der Waals surface area contributed by atoms with E-state index in [1.165, 1.54) is 6.42 Å².